The Morgan fingerprint density at radius 1 is 1.52 bits per heavy atom. The van der Waals surface area contributed by atoms with Crippen LogP contribution < -0.4 is 5.32 Å². The number of carboxylic acid groups (broad SMARTS) is 1. The van der Waals surface area contributed by atoms with Crippen molar-refractivity contribution >= 4 is 28.1 Å². The Labute approximate surface area is 125 Å². The highest BCUT2D eigenvalue weighted by Gasteiger charge is 2.29. The molecule has 3 rings (SSSR count). The average molecular weight is 299 g/mol. The second-order valence-electron chi connectivity index (χ2n) is 4.93. The van der Waals surface area contributed by atoms with Gasteiger partial charge >= 0.3 is 5.97 Å². The third-order valence-electron chi connectivity index (χ3n) is 3.50. The quantitative estimate of drug-likeness (QED) is 0.908. The van der Waals surface area contributed by atoms with E-state index in [1.807, 2.05) is 6.07 Å². The van der Waals surface area contributed by atoms with E-state index in [1.165, 1.54) is 11.3 Å². The number of thiazole rings is 1. The van der Waals surface area contributed by atoms with Gasteiger partial charge in [-0.05, 0) is 37.5 Å². The molecule has 0 radical (unpaired) electrons. The zero-order valence-electron chi connectivity index (χ0n) is 11.2. The fourth-order valence-electron chi connectivity index (χ4n) is 2.50. The van der Waals surface area contributed by atoms with E-state index in [1.54, 1.807) is 18.2 Å². The number of anilines is 2. The number of carboxylic acids is 1. The molecule has 1 unspecified atom stereocenters. The number of carbonyl (C=O) groups is 1. The number of aliphatic carboxylic acids is 1. The maximum Gasteiger partial charge on any atom is 0.312 e. The summed E-state index contributed by atoms with van der Waals surface area (Å²) in [5.41, 5.74) is 2.05. The lowest BCUT2D eigenvalue weighted by molar-refractivity contribution is -0.139. The molecule has 1 aliphatic rings. The van der Waals surface area contributed by atoms with Gasteiger partial charge in [0.15, 0.2) is 5.13 Å². The third-order valence-corrected chi connectivity index (χ3v) is 4.54. The van der Waals surface area contributed by atoms with Crippen LogP contribution in [0.5, 0.6) is 0 Å². The first-order valence-electron chi connectivity index (χ1n) is 6.67. The van der Waals surface area contributed by atoms with Crippen LogP contribution in [0.4, 0.5) is 10.8 Å². The fraction of sp³-hybridized carbons (Fsp3) is 0.267. The van der Waals surface area contributed by atoms with Gasteiger partial charge in [0.25, 0.3) is 0 Å². The Hall–Kier alpha value is -2.39. The Bertz CT molecular complexity index is 733. The van der Waals surface area contributed by atoms with Crippen molar-refractivity contribution in [2.75, 3.05) is 5.32 Å². The van der Waals surface area contributed by atoms with Crippen LogP contribution in [0.3, 0.4) is 0 Å². The molecule has 5 nitrogen and oxygen atoms in total. The summed E-state index contributed by atoms with van der Waals surface area (Å²) >= 11 is 1.50. The summed E-state index contributed by atoms with van der Waals surface area (Å²) in [4.78, 5) is 16.8. The topological polar surface area (TPSA) is 86.0 Å². The lowest BCUT2D eigenvalue weighted by atomic mass is 9.91. The molecule has 1 aromatic carbocycles. The van der Waals surface area contributed by atoms with Crippen LogP contribution in [-0.4, -0.2) is 16.1 Å². The number of benzene rings is 1. The highest BCUT2D eigenvalue weighted by atomic mass is 32.1. The van der Waals surface area contributed by atoms with E-state index in [0.717, 1.165) is 23.4 Å². The van der Waals surface area contributed by atoms with Crippen molar-refractivity contribution in [3.05, 3.63) is 40.4 Å². The van der Waals surface area contributed by atoms with Crippen molar-refractivity contribution in [1.82, 2.24) is 4.98 Å². The van der Waals surface area contributed by atoms with Crippen LogP contribution in [0.2, 0.25) is 0 Å². The van der Waals surface area contributed by atoms with Gasteiger partial charge in [-0.15, -0.1) is 11.3 Å². The monoisotopic (exact) mass is 299 g/mol. The van der Waals surface area contributed by atoms with E-state index in [2.05, 4.69) is 16.4 Å². The van der Waals surface area contributed by atoms with Crippen LogP contribution >= 0.6 is 11.3 Å². The van der Waals surface area contributed by atoms with Crippen LogP contribution in [0.25, 0.3) is 0 Å². The first-order chi connectivity index (χ1) is 10.2. The largest absolute Gasteiger partial charge is 0.481 e. The molecule has 2 N–H and O–H groups in total. The van der Waals surface area contributed by atoms with E-state index in [-0.39, 0.29) is 0 Å². The minimum Gasteiger partial charge on any atom is -0.481 e. The second kappa shape index (κ2) is 5.54. The molecule has 0 saturated heterocycles. The summed E-state index contributed by atoms with van der Waals surface area (Å²) in [6, 6.07) is 9.23. The molecule has 0 spiro atoms. The second-order valence-corrected chi connectivity index (χ2v) is 6.01. The van der Waals surface area contributed by atoms with Crippen molar-refractivity contribution in [2.24, 2.45) is 0 Å². The van der Waals surface area contributed by atoms with Crippen LogP contribution in [0.15, 0.2) is 24.3 Å². The van der Waals surface area contributed by atoms with Crippen molar-refractivity contribution in [3.8, 4) is 6.07 Å². The van der Waals surface area contributed by atoms with Gasteiger partial charge in [-0.2, -0.15) is 5.26 Å². The molecule has 1 aliphatic carbocycles. The van der Waals surface area contributed by atoms with Gasteiger partial charge in [-0.25, -0.2) is 4.98 Å². The van der Waals surface area contributed by atoms with Gasteiger partial charge in [0.1, 0.15) is 5.92 Å². The minimum atomic E-state index is -0.806. The van der Waals surface area contributed by atoms with E-state index in [0.29, 0.717) is 22.8 Å². The minimum absolute atomic E-state index is 0.494. The zero-order chi connectivity index (χ0) is 14.8. The number of aryl methyl sites for hydroxylation is 1. The summed E-state index contributed by atoms with van der Waals surface area (Å²) in [7, 11) is 0. The molecule has 21 heavy (non-hydrogen) atoms. The molecule has 1 atom stereocenters. The summed E-state index contributed by atoms with van der Waals surface area (Å²) in [6.45, 7) is 0. The van der Waals surface area contributed by atoms with Gasteiger partial charge in [0, 0.05) is 10.6 Å². The SMILES string of the molecule is N#Cc1cccc(Nc2nc3c(s2)CCCC3C(=O)O)c1. The summed E-state index contributed by atoms with van der Waals surface area (Å²) in [5, 5.41) is 22.0. The van der Waals surface area contributed by atoms with E-state index in [4.69, 9.17) is 5.26 Å². The lowest BCUT2D eigenvalue weighted by Gasteiger charge is -2.16. The average Bonchev–Trinajstić information content (AvgIpc) is 2.89. The number of nitriles is 1. The number of nitrogens with zero attached hydrogens (tertiary/aromatic N) is 2. The van der Waals surface area contributed by atoms with Crippen molar-refractivity contribution in [2.45, 2.75) is 25.2 Å². The Morgan fingerprint density at radius 3 is 3.14 bits per heavy atom. The maximum atomic E-state index is 11.3. The third kappa shape index (κ3) is 2.73. The normalized spacial score (nSPS) is 16.8. The van der Waals surface area contributed by atoms with Crippen LogP contribution in [0, 0.1) is 11.3 Å². The molecule has 1 aromatic heterocycles. The molecule has 6 heteroatoms. The van der Waals surface area contributed by atoms with E-state index >= 15 is 0 Å². The number of rotatable bonds is 3. The predicted molar refractivity (Wildman–Crippen MR) is 79.9 cm³/mol. The molecule has 0 saturated carbocycles. The molecule has 1 heterocycles. The van der Waals surface area contributed by atoms with Crippen LogP contribution in [-0.2, 0) is 11.2 Å². The summed E-state index contributed by atoms with van der Waals surface area (Å²) < 4.78 is 0. The molecule has 0 fully saturated rings. The Balaban J connectivity index is 1.87. The molecular formula is C15H13N3O2S. The molecule has 0 amide bonds. The van der Waals surface area contributed by atoms with Gasteiger partial charge in [-0.3, -0.25) is 4.79 Å². The number of hydrogen-bond donors (Lipinski definition) is 2. The molecule has 2 aromatic rings. The molecule has 0 aliphatic heterocycles. The number of hydrogen-bond acceptors (Lipinski definition) is 5. The van der Waals surface area contributed by atoms with E-state index < -0.39 is 11.9 Å². The molecule has 0 bridgehead atoms. The van der Waals surface area contributed by atoms with Crippen molar-refractivity contribution in [1.29, 1.82) is 5.26 Å². The lowest BCUT2D eigenvalue weighted by Crippen LogP contribution is -2.17. The van der Waals surface area contributed by atoms with Crippen LogP contribution in [0.1, 0.15) is 34.9 Å². The van der Waals surface area contributed by atoms with Gasteiger partial charge < -0.3 is 10.4 Å². The number of fused-ring (bicyclic) bond motifs is 1. The smallest absolute Gasteiger partial charge is 0.312 e. The first-order valence-corrected chi connectivity index (χ1v) is 7.48. The van der Waals surface area contributed by atoms with Gasteiger partial charge in [0.2, 0.25) is 0 Å². The standard InChI is InChI=1S/C15H13N3O2S/c16-8-9-3-1-4-10(7-9)17-15-18-13-11(14(19)20)5-2-6-12(13)21-15/h1,3-4,7,11H,2,5-6H2,(H,17,18)(H,19,20). The Morgan fingerprint density at radius 2 is 2.38 bits per heavy atom. The first kappa shape index (κ1) is 13.6. The fourth-order valence-corrected chi connectivity index (χ4v) is 3.59. The zero-order valence-corrected chi connectivity index (χ0v) is 12.0. The van der Waals surface area contributed by atoms with Crippen molar-refractivity contribution in [3.63, 3.8) is 0 Å². The summed E-state index contributed by atoms with van der Waals surface area (Å²) in [6.07, 6.45) is 2.42. The maximum absolute atomic E-state index is 11.3. The molecular weight excluding hydrogens is 286 g/mol. The Kier molecular flexibility index (Phi) is 3.59. The van der Waals surface area contributed by atoms with Gasteiger partial charge in [-0.1, -0.05) is 6.07 Å². The highest BCUT2D eigenvalue weighted by molar-refractivity contribution is 7.15. The summed E-state index contributed by atoms with van der Waals surface area (Å²) in [5.74, 6) is -1.30. The van der Waals surface area contributed by atoms with Crippen molar-refractivity contribution < 1.29 is 9.90 Å². The number of aromatic nitrogens is 1. The van der Waals surface area contributed by atoms with Gasteiger partial charge in [0.05, 0.1) is 17.3 Å². The van der Waals surface area contributed by atoms with E-state index in [9.17, 15) is 9.90 Å². The predicted octanol–water partition coefficient (Wildman–Crippen LogP) is 3.26. The number of nitrogens with one attached hydrogen (secondary N) is 1. The highest BCUT2D eigenvalue weighted by Crippen LogP contribution is 2.37. The molecule has 106 valence electrons.